The number of anilines is 1. The van der Waals surface area contributed by atoms with Crippen molar-refractivity contribution in [3.05, 3.63) is 44.4 Å². The van der Waals surface area contributed by atoms with Crippen molar-refractivity contribution in [1.29, 1.82) is 0 Å². The van der Waals surface area contributed by atoms with Crippen LogP contribution in [-0.4, -0.2) is 28.2 Å². The zero-order valence-corrected chi connectivity index (χ0v) is 14.6. The van der Waals surface area contributed by atoms with Gasteiger partial charge < -0.3 is 10.2 Å². The molecule has 0 spiro atoms. The third kappa shape index (κ3) is 3.49. The van der Waals surface area contributed by atoms with Crippen molar-refractivity contribution in [2.75, 3.05) is 11.9 Å². The van der Waals surface area contributed by atoms with Gasteiger partial charge in [-0.05, 0) is 18.2 Å². The maximum atomic E-state index is 12.7. The number of nitrogens with zero attached hydrogens (tertiary/aromatic N) is 2. The molecule has 0 fully saturated rings. The SMILES string of the molecule is CC(=O)Nc1nc2c(s1)CN(C(=O)c1cc(Cl)ccc1Cl)CC2. The molecule has 1 aliphatic heterocycles. The van der Waals surface area contributed by atoms with Crippen LogP contribution >= 0.6 is 34.5 Å². The van der Waals surface area contributed by atoms with E-state index in [9.17, 15) is 9.59 Å². The summed E-state index contributed by atoms with van der Waals surface area (Å²) in [4.78, 5) is 30.9. The molecule has 120 valence electrons. The second-order valence-corrected chi connectivity index (χ2v) is 7.10. The number of benzene rings is 1. The van der Waals surface area contributed by atoms with Crippen LogP contribution in [0.1, 0.15) is 27.9 Å². The van der Waals surface area contributed by atoms with E-state index in [-0.39, 0.29) is 11.8 Å². The molecule has 3 rings (SSSR count). The standard InChI is InChI=1S/C15H13Cl2N3O2S/c1-8(21)18-15-19-12-4-5-20(7-13(12)23-15)14(22)10-6-9(16)2-3-11(10)17/h2-3,6H,4-5,7H2,1H3,(H,18,19,21). The molecule has 5 nitrogen and oxygen atoms in total. The number of halogens is 2. The quantitative estimate of drug-likeness (QED) is 0.879. The molecule has 23 heavy (non-hydrogen) atoms. The molecule has 0 atom stereocenters. The van der Waals surface area contributed by atoms with Gasteiger partial charge in [0.15, 0.2) is 5.13 Å². The van der Waals surface area contributed by atoms with E-state index in [0.29, 0.717) is 40.3 Å². The van der Waals surface area contributed by atoms with Gasteiger partial charge in [0.2, 0.25) is 5.91 Å². The van der Waals surface area contributed by atoms with E-state index < -0.39 is 0 Å². The minimum absolute atomic E-state index is 0.155. The summed E-state index contributed by atoms with van der Waals surface area (Å²) in [6, 6.07) is 4.85. The van der Waals surface area contributed by atoms with Gasteiger partial charge >= 0.3 is 0 Å². The molecule has 1 N–H and O–H groups in total. The first-order chi connectivity index (χ1) is 10.9. The molecule has 1 aliphatic rings. The van der Waals surface area contributed by atoms with Crippen molar-refractivity contribution < 1.29 is 9.59 Å². The Bertz CT molecular complexity index is 791. The van der Waals surface area contributed by atoms with Crippen LogP contribution in [0.2, 0.25) is 10.0 Å². The molecule has 0 bridgehead atoms. The third-order valence-electron chi connectivity index (χ3n) is 3.46. The fraction of sp³-hybridized carbons (Fsp3) is 0.267. The maximum absolute atomic E-state index is 12.7. The third-order valence-corrected chi connectivity index (χ3v) is 5.02. The number of carbonyl (C=O) groups excluding carboxylic acids is 2. The Kier molecular flexibility index (Phi) is 4.57. The van der Waals surface area contributed by atoms with E-state index in [4.69, 9.17) is 23.2 Å². The lowest BCUT2D eigenvalue weighted by molar-refractivity contribution is -0.114. The van der Waals surface area contributed by atoms with Crippen LogP contribution in [0.15, 0.2) is 18.2 Å². The Labute approximate surface area is 147 Å². The first-order valence-electron chi connectivity index (χ1n) is 6.94. The molecule has 8 heteroatoms. The number of hydrogen-bond donors (Lipinski definition) is 1. The minimum atomic E-state index is -0.158. The zero-order chi connectivity index (χ0) is 16.6. The summed E-state index contributed by atoms with van der Waals surface area (Å²) in [5, 5.41) is 4.10. The molecule has 2 heterocycles. The normalized spacial score (nSPS) is 13.6. The van der Waals surface area contributed by atoms with E-state index in [1.54, 1.807) is 23.1 Å². The number of rotatable bonds is 2. The largest absolute Gasteiger partial charge is 0.333 e. The van der Waals surface area contributed by atoms with Crippen molar-refractivity contribution in [3.63, 3.8) is 0 Å². The molecule has 0 saturated carbocycles. The fourth-order valence-corrected chi connectivity index (χ4v) is 3.84. The van der Waals surface area contributed by atoms with Crippen molar-refractivity contribution in [2.45, 2.75) is 19.9 Å². The second-order valence-electron chi connectivity index (χ2n) is 5.17. The highest BCUT2D eigenvalue weighted by molar-refractivity contribution is 7.15. The highest BCUT2D eigenvalue weighted by atomic mass is 35.5. The molecule has 2 amide bonds. The maximum Gasteiger partial charge on any atom is 0.255 e. The first-order valence-corrected chi connectivity index (χ1v) is 8.52. The smallest absolute Gasteiger partial charge is 0.255 e. The Morgan fingerprint density at radius 1 is 1.35 bits per heavy atom. The first kappa shape index (κ1) is 16.2. The molecule has 1 aromatic carbocycles. The number of thiazole rings is 1. The molecule has 1 aromatic heterocycles. The number of aromatic nitrogens is 1. The van der Waals surface area contributed by atoms with Gasteiger partial charge in [-0.25, -0.2) is 4.98 Å². The van der Waals surface area contributed by atoms with Crippen molar-refractivity contribution in [1.82, 2.24) is 9.88 Å². The molecule has 0 aliphatic carbocycles. The molecule has 0 radical (unpaired) electrons. The van der Waals surface area contributed by atoms with Crippen LogP contribution in [0.25, 0.3) is 0 Å². The van der Waals surface area contributed by atoms with E-state index in [2.05, 4.69) is 10.3 Å². The lowest BCUT2D eigenvalue weighted by Crippen LogP contribution is -2.35. The van der Waals surface area contributed by atoms with E-state index in [1.807, 2.05) is 0 Å². The van der Waals surface area contributed by atoms with E-state index >= 15 is 0 Å². The van der Waals surface area contributed by atoms with Gasteiger partial charge in [-0.1, -0.05) is 34.5 Å². The van der Waals surface area contributed by atoms with Crippen molar-refractivity contribution in [2.24, 2.45) is 0 Å². The number of fused-ring (bicyclic) bond motifs is 1. The Morgan fingerprint density at radius 2 is 2.13 bits per heavy atom. The number of hydrogen-bond acceptors (Lipinski definition) is 4. The summed E-state index contributed by atoms with van der Waals surface area (Å²) < 4.78 is 0. The molecule has 0 saturated heterocycles. The predicted molar refractivity (Wildman–Crippen MR) is 91.3 cm³/mol. The van der Waals surface area contributed by atoms with Gasteiger partial charge in [0.1, 0.15) is 0 Å². The summed E-state index contributed by atoms with van der Waals surface area (Å²) in [6.45, 7) is 2.45. The summed E-state index contributed by atoms with van der Waals surface area (Å²) in [6.07, 6.45) is 0.648. The number of amides is 2. The molecular weight excluding hydrogens is 357 g/mol. The van der Waals surface area contributed by atoms with Gasteiger partial charge in [0.05, 0.1) is 22.8 Å². The highest BCUT2D eigenvalue weighted by Crippen LogP contribution is 2.30. The molecular formula is C15H13Cl2N3O2S. The summed E-state index contributed by atoms with van der Waals surface area (Å²) >= 11 is 13.5. The van der Waals surface area contributed by atoms with Crippen LogP contribution < -0.4 is 5.32 Å². The number of nitrogens with one attached hydrogen (secondary N) is 1. The van der Waals surface area contributed by atoms with Gasteiger partial charge in [-0.3, -0.25) is 9.59 Å². The van der Waals surface area contributed by atoms with Crippen molar-refractivity contribution >= 4 is 51.5 Å². The molecule has 0 unspecified atom stereocenters. The molecule has 2 aromatic rings. The Morgan fingerprint density at radius 3 is 2.87 bits per heavy atom. The van der Waals surface area contributed by atoms with Gasteiger partial charge in [-0.2, -0.15) is 0 Å². The van der Waals surface area contributed by atoms with Gasteiger partial charge in [0.25, 0.3) is 5.91 Å². The average molecular weight is 370 g/mol. The lowest BCUT2D eigenvalue weighted by atomic mass is 10.1. The number of carbonyl (C=O) groups is 2. The van der Waals surface area contributed by atoms with E-state index in [0.717, 1.165) is 10.6 Å². The zero-order valence-electron chi connectivity index (χ0n) is 12.2. The van der Waals surface area contributed by atoms with Crippen LogP contribution in [0.4, 0.5) is 5.13 Å². The Hall–Kier alpha value is -1.63. The fourth-order valence-electron chi connectivity index (χ4n) is 2.40. The summed E-state index contributed by atoms with van der Waals surface area (Å²) in [5.41, 5.74) is 1.33. The van der Waals surface area contributed by atoms with Crippen molar-refractivity contribution in [3.8, 4) is 0 Å². The average Bonchev–Trinajstić information content (AvgIpc) is 2.89. The van der Waals surface area contributed by atoms with Crippen LogP contribution in [-0.2, 0) is 17.8 Å². The predicted octanol–water partition coefficient (Wildman–Crippen LogP) is 3.61. The topological polar surface area (TPSA) is 62.3 Å². The van der Waals surface area contributed by atoms with Gasteiger partial charge in [0, 0.05) is 29.8 Å². The Balaban J connectivity index is 1.81. The second kappa shape index (κ2) is 6.47. The summed E-state index contributed by atoms with van der Waals surface area (Å²) in [5.74, 6) is -0.313. The highest BCUT2D eigenvalue weighted by Gasteiger charge is 2.26. The minimum Gasteiger partial charge on any atom is -0.333 e. The van der Waals surface area contributed by atoms with Crippen LogP contribution in [0, 0.1) is 0 Å². The van der Waals surface area contributed by atoms with Crippen LogP contribution in [0.3, 0.4) is 0 Å². The van der Waals surface area contributed by atoms with Crippen LogP contribution in [0.5, 0.6) is 0 Å². The van der Waals surface area contributed by atoms with E-state index in [1.165, 1.54) is 18.3 Å². The monoisotopic (exact) mass is 369 g/mol. The lowest BCUT2D eigenvalue weighted by Gasteiger charge is -2.26. The summed E-state index contributed by atoms with van der Waals surface area (Å²) in [7, 11) is 0. The van der Waals surface area contributed by atoms with Gasteiger partial charge in [-0.15, -0.1) is 0 Å².